The Kier molecular flexibility index (Phi) is 34.9. The van der Waals surface area contributed by atoms with E-state index in [4.69, 9.17) is 30.3 Å². The second kappa shape index (κ2) is 18.5. The molecule has 0 aromatic carbocycles. The number of hydrogen-bond donors (Lipinski definition) is 4. The normalized spacial score (nSPS) is 10.9. The van der Waals surface area contributed by atoms with Crippen molar-refractivity contribution in [1.29, 1.82) is 0 Å². The Hall–Kier alpha value is 1.10. The van der Waals surface area contributed by atoms with Gasteiger partial charge in [0.1, 0.15) is 0 Å². The van der Waals surface area contributed by atoms with Crippen LogP contribution >= 0.6 is 0 Å². The summed E-state index contributed by atoms with van der Waals surface area (Å²) in [5.74, 6) is -1.83. The van der Waals surface area contributed by atoms with Crippen LogP contribution in [0.4, 0.5) is 4.79 Å². The van der Waals surface area contributed by atoms with Gasteiger partial charge in [-0.2, -0.15) is 6.61 Å². The second-order valence-corrected chi connectivity index (χ2v) is 1.67. The third-order valence-corrected chi connectivity index (χ3v) is 0.718. The van der Waals surface area contributed by atoms with Gasteiger partial charge in [0.05, 0.1) is 12.1 Å². The fourth-order valence-corrected chi connectivity index (χ4v) is 0.221. The van der Waals surface area contributed by atoms with Crippen molar-refractivity contribution < 1.29 is 45.7 Å². The molecule has 9 nitrogen and oxygen atoms in total. The number of carboxylic acid groups (broad SMARTS) is 3. The molecule has 0 aliphatic carbocycles. The average Bonchev–Trinajstić information content (AvgIpc) is 2.00. The van der Waals surface area contributed by atoms with Crippen molar-refractivity contribution in [2.45, 2.75) is 12.2 Å². The zero-order valence-corrected chi connectivity index (χ0v) is 12.4. The molecule has 5 N–H and O–H groups in total. The predicted octanol–water partition coefficient (Wildman–Crippen LogP) is -5.06. The van der Waals surface area contributed by atoms with E-state index in [9.17, 15) is 9.90 Å². The first-order valence-electron chi connectivity index (χ1n) is 2.77. The van der Waals surface area contributed by atoms with Gasteiger partial charge in [-0.05, 0) is 6.10 Å². The van der Waals surface area contributed by atoms with E-state index in [1.54, 1.807) is 0 Å². The Morgan fingerprint density at radius 3 is 1.44 bits per heavy atom. The number of carbonyl (C=O) groups is 2. The first-order valence-corrected chi connectivity index (χ1v) is 2.77. The number of aliphatic hydroxyl groups excluding tert-OH is 3. The molecule has 0 rings (SSSR count). The van der Waals surface area contributed by atoms with Crippen LogP contribution < -0.4 is 10.2 Å². The van der Waals surface area contributed by atoms with Gasteiger partial charge in [0.25, 0.3) is 0 Å². The molecule has 0 amide bonds. The fourth-order valence-electron chi connectivity index (χ4n) is 0.221. The summed E-state index contributed by atoms with van der Waals surface area (Å²) in [6, 6.07) is 0. The number of carboxylic acids is 1. The topological polar surface area (TPSA) is 191 Å². The Labute approximate surface area is 150 Å². The van der Waals surface area contributed by atoms with Crippen LogP contribution in [0.5, 0.6) is 0 Å². The molecular weight excluding hydrogens is 284 g/mol. The molecule has 0 radical (unpaired) electrons. The second-order valence-electron chi connectivity index (χ2n) is 1.67. The maximum Gasteiger partial charge on any atom is 2.00 e. The van der Waals surface area contributed by atoms with Crippen molar-refractivity contribution in [1.82, 2.24) is 0 Å². The molecule has 11 heteroatoms. The molecule has 0 unspecified atom stereocenters. The van der Waals surface area contributed by atoms with Gasteiger partial charge in [0.2, 0.25) is 6.16 Å². The maximum atomic E-state index is 9.65. The zero-order chi connectivity index (χ0) is 11.0. The summed E-state index contributed by atoms with van der Waals surface area (Å²) < 4.78 is 0. The van der Waals surface area contributed by atoms with E-state index < -0.39 is 24.3 Å². The van der Waals surface area contributed by atoms with Crippen LogP contribution in [0.2, 0.25) is 0 Å². The van der Waals surface area contributed by atoms with Crippen LogP contribution in [0.25, 0.3) is 0 Å². The van der Waals surface area contributed by atoms with E-state index in [-0.39, 0.29) is 87.6 Å². The standard InChI is InChI=1S/C4H7O5.CH2O3.2Ca.H2O/c5-1-2(6)3(7)4(8)9;2-1(3)4;;;/h1-3,5-7H,(H,8,9);(H2,2,3,4);;;1H2/q-1;;2*+2;/p-3/t2-,3-;;;;/m1..../s1. The predicted molar refractivity (Wildman–Crippen MR) is 44.7 cm³/mol. The minimum absolute atomic E-state index is 0. The largest absolute Gasteiger partial charge is 2.00 e. The van der Waals surface area contributed by atoms with Gasteiger partial charge in [-0.25, -0.2) is 0 Å². The van der Waals surface area contributed by atoms with Gasteiger partial charge in [-0.3, -0.25) is 0 Å². The Balaban J connectivity index is -0.0000000511. The minimum Gasteiger partial charge on any atom is -0.870 e. The van der Waals surface area contributed by atoms with Crippen LogP contribution in [-0.4, -0.2) is 126 Å². The Morgan fingerprint density at radius 1 is 1.12 bits per heavy atom. The summed E-state index contributed by atoms with van der Waals surface area (Å²) in [7, 11) is 0. The number of aliphatic carboxylic acids is 1. The molecule has 0 saturated heterocycles. The summed E-state index contributed by atoms with van der Waals surface area (Å²) in [5, 5.41) is 49.5. The van der Waals surface area contributed by atoms with E-state index >= 15 is 0 Å². The average molecular weight is 292 g/mol. The van der Waals surface area contributed by atoms with Crippen molar-refractivity contribution >= 4 is 87.6 Å². The fraction of sp³-hybridized carbons (Fsp3) is 0.400. The molecule has 0 aliphatic heterocycles. The molecule has 0 bridgehead atoms. The number of carbonyl (C=O) groups excluding carboxylic acids is 1. The van der Waals surface area contributed by atoms with E-state index in [1.165, 1.54) is 0 Å². The van der Waals surface area contributed by atoms with Crippen molar-refractivity contribution in [2.75, 3.05) is 0 Å². The maximum absolute atomic E-state index is 9.65. The number of aliphatic hydroxyl groups is 3. The SMILES string of the molecule is O=C([O-])O.O=C([O-])[C@H](O)[C@H](O)[CH-]O.[Ca+2].[Ca+2].[OH-]. The first-order chi connectivity index (χ1) is 5.82. The monoisotopic (exact) mass is 292 g/mol. The molecule has 0 saturated carbocycles. The van der Waals surface area contributed by atoms with Gasteiger partial charge >= 0.3 is 75.5 Å². The van der Waals surface area contributed by atoms with E-state index in [0.29, 0.717) is 0 Å². The van der Waals surface area contributed by atoms with Gasteiger partial charge in [0.15, 0.2) is 0 Å². The molecule has 2 atom stereocenters. The quantitative estimate of drug-likeness (QED) is 0.291. The molecule has 0 fully saturated rings. The summed E-state index contributed by atoms with van der Waals surface area (Å²) in [6.07, 6.45) is -5.93. The summed E-state index contributed by atoms with van der Waals surface area (Å²) in [4.78, 5) is 18.1. The van der Waals surface area contributed by atoms with E-state index in [2.05, 4.69) is 0 Å². The Bertz CT molecular complexity index is 171. The van der Waals surface area contributed by atoms with Crippen LogP contribution in [0.1, 0.15) is 0 Å². The van der Waals surface area contributed by atoms with Crippen LogP contribution in [0.15, 0.2) is 0 Å². The molecule has 0 aromatic rings. The number of rotatable bonds is 3. The van der Waals surface area contributed by atoms with Crippen molar-refractivity contribution in [2.24, 2.45) is 0 Å². The molecule has 0 aromatic heterocycles. The Morgan fingerprint density at radius 2 is 1.38 bits per heavy atom. The van der Waals surface area contributed by atoms with Gasteiger partial charge in [-0.15, -0.1) is 0 Å². The summed E-state index contributed by atoms with van der Waals surface area (Å²) >= 11 is 0. The third-order valence-electron chi connectivity index (χ3n) is 0.718. The molecule has 0 heterocycles. The molecule has 0 aliphatic rings. The van der Waals surface area contributed by atoms with Gasteiger partial charge < -0.3 is 45.7 Å². The van der Waals surface area contributed by atoms with E-state index in [0.717, 1.165) is 0 Å². The minimum atomic E-state index is -2.08. The van der Waals surface area contributed by atoms with Gasteiger partial charge in [0, 0.05) is 0 Å². The van der Waals surface area contributed by atoms with Crippen molar-refractivity contribution in [3.8, 4) is 0 Å². The van der Waals surface area contributed by atoms with Crippen LogP contribution in [-0.2, 0) is 4.79 Å². The smallest absolute Gasteiger partial charge is 0.870 e. The van der Waals surface area contributed by atoms with Crippen LogP contribution in [0.3, 0.4) is 0 Å². The van der Waals surface area contributed by atoms with Gasteiger partial charge in [-0.1, -0.05) is 0 Å². The zero-order valence-electron chi connectivity index (χ0n) is 8.02. The van der Waals surface area contributed by atoms with E-state index in [1.807, 2.05) is 0 Å². The third kappa shape index (κ3) is 24.4. The van der Waals surface area contributed by atoms with Crippen LogP contribution in [0, 0.1) is 6.61 Å². The van der Waals surface area contributed by atoms with Crippen molar-refractivity contribution in [3.63, 3.8) is 0 Å². The molecule has 16 heavy (non-hydrogen) atoms. The first kappa shape index (κ1) is 30.3. The molecule has 86 valence electrons. The summed E-state index contributed by atoms with van der Waals surface area (Å²) in [5.41, 5.74) is 0. The molecule has 0 spiro atoms. The number of hydrogen-bond acceptors (Lipinski definition) is 8. The molecular formula is C5H8Ca2O9. The van der Waals surface area contributed by atoms with Crippen molar-refractivity contribution in [3.05, 3.63) is 6.61 Å². The summed E-state index contributed by atoms with van der Waals surface area (Å²) in [6.45, 7) is 0.167.